The molecule has 2 unspecified atom stereocenters. The van der Waals surface area contributed by atoms with E-state index in [-0.39, 0.29) is 24.7 Å². The molecule has 1 aromatic carbocycles. The Morgan fingerprint density at radius 2 is 2.09 bits per heavy atom. The molecule has 122 valence electrons. The first-order valence-electron chi connectivity index (χ1n) is 6.97. The standard InChI is InChI=1S/C15H20N2O4.ClH/c1-10(8-12(16)15(19)20)14(18)17-6-7-21-13-5-3-2-4-11(13)9-17;/h2-5,10,12H,6-9,16H2,1H3,(H,19,20);1H. The van der Waals surface area contributed by atoms with Crippen molar-refractivity contribution in [1.29, 1.82) is 0 Å². The van der Waals surface area contributed by atoms with Gasteiger partial charge in [0, 0.05) is 18.0 Å². The number of carboxylic acid groups (broad SMARTS) is 1. The lowest BCUT2D eigenvalue weighted by atomic mass is 10.0. The second kappa shape index (κ2) is 8.00. The van der Waals surface area contributed by atoms with Crippen molar-refractivity contribution < 1.29 is 19.4 Å². The Morgan fingerprint density at radius 3 is 2.77 bits per heavy atom. The quantitative estimate of drug-likeness (QED) is 0.868. The van der Waals surface area contributed by atoms with Crippen LogP contribution in [-0.4, -0.2) is 41.1 Å². The molecule has 1 amide bonds. The maximum Gasteiger partial charge on any atom is 0.320 e. The first-order valence-corrected chi connectivity index (χ1v) is 6.97. The van der Waals surface area contributed by atoms with Crippen LogP contribution in [0.5, 0.6) is 5.75 Å². The van der Waals surface area contributed by atoms with E-state index in [0.717, 1.165) is 11.3 Å². The number of amides is 1. The molecular formula is C15H21ClN2O4. The number of rotatable bonds is 4. The molecule has 22 heavy (non-hydrogen) atoms. The number of hydrogen-bond acceptors (Lipinski definition) is 4. The zero-order valence-electron chi connectivity index (χ0n) is 12.4. The van der Waals surface area contributed by atoms with Gasteiger partial charge in [-0.25, -0.2) is 0 Å². The summed E-state index contributed by atoms with van der Waals surface area (Å²) in [6.07, 6.45) is 0.132. The number of aliphatic carboxylic acids is 1. The van der Waals surface area contributed by atoms with E-state index in [4.69, 9.17) is 15.6 Å². The predicted octanol–water partition coefficient (Wildman–Crippen LogP) is 1.27. The number of carboxylic acids is 1. The Bertz CT molecular complexity index is 538. The van der Waals surface area contributed by atoms with E-state index < -0.39 is 17.9 Å². The Balaban J connectivity index is 0.00000242. The number of hydrogen-bond donors (Lipinski definition) is 2. The van der Waals surface area contributed by atoms with Crippen molar-refractivity contribution >= 4 is 24.3 Å². The van der Waals surface area contributed by atoms with Crippen LogP contribution in [0.4, 0.5) is 0 Å². The summed E-state index contributed by atoms with van der Waals surface area (Å²) in [7, 11) is 0. The summed E-state index contributed by atoms with van der Waals surface area (Å²) < 4.78 is 5.62. The third-order valence-corrected chi connectivity index (χ3v) is 3.61. The number of nitrogens with zero attached hydrogens (tertiary/aromatic N) is 1. The molecule has 1 heterocycles. The van der Waals surface area contributed by atoms with Gasteiger partial charge in [-0.2, -0.15) is 0 Å². The van der Waals surface area contributed by atoms with Crippen LogP contribution in [0.3, 0.4) is 0 Å². The lowest BCUT2D eigenvalue weighted by Gasteiger charge is -2.24. The average Bonchev–Trinajstić information content (AvgIpc) is 2.68. The van der Waals surface area contributed by atoms with Gasteiger partial charge in [-0.05, 0) is 12.5 Å². The largest absolute Gasteiger partial charge is 0.491 e. The Labute approximate surface area is 135 Å². The second-order valence-corrected chi connectivity index (χ2v) is 5.30. The summed E-state index contributed by atoms with van der Waals surface area (Å²) >= 11 is 0. The van der Waals surface area contributed by atoms with Crippen molar-refractivity contribution in [2.24, 2.45) is 11.7 Å². The monoisotopic (exact) mass is 328 g/mol. The van der Waals surface area contributed by atoms with Gasteiger partial charge >= 0.3 is 5.97 Å². The number of halogens is 1. The van der Waals surface area contributed by atoms with Gasteiger partial charge in [0.15, 0.2) is 0 Å². The summed E-state index contributed by atoms with van der Waals surface area (Å²) in [4.78, 5) is 24.9. The van der Waals surface area contributed by atoms with Crippen LogP contribution < -0.4 is 10.5 Å². The van der Waals surface area contributed by atoms with Crippen molar-refractivity contribution in [3.63, 3.8) is 0 Å². The maximum absolute atomic E-state index is 12.4. The molecule has 3 N–H and O–H groups in total. The third-order valence-electron chi connectivity index (χ3n) is 3.61. The number of carbonyl (C=O) groups is 2. The van der Waals surface area contributed by atoms with E-state index in [0.29, 0.717) is 19.7 Å². The molecule has 6 nitrogen and oxygen atoms in total. The van der Waals surface area contributed by atoms with Crippen LogP contribution in [-0.2, 0) is 16.1 Å². The van der Waals surface area contributed by atoms with E-state index in [1.807, 2.05) is 24.3 Å². The smallest absolute Gasteiger partial charge is 0.320 e. The van der Waals surface area contributed by atoms with Gasteiger partial charge in [0.2, 0.25) is 5.91 Å². The molecule has 2 atom stereocenters. The van der Waals surface area contributed by atoms with Gasteiger partial charge in [0.05, 0.1) is 6.54 Å². The average molecular weight is 329 g/mol. The summed E-state index contributed by atoms with van der Waals surface area (Å²) in [6.45, 7) is 3.10. The van der Waals surface area contributed by atoms with Crippen LogP contribution >= 0.6 is 12.4 Å². The first-order chi connectivity index (χ1) is 9.99. The van der Waals surface area contributed by atoms with Crippen molar-refractivity contribution in [2.75, 3.05) is 13.2 Å². The van der Waals surface area contributed by atoms with Crippen molar-refractivity contribution in [1.82, 2.24) is 4.90 Å². The summed E-state index contributed by atoms with van der Waals surface area (Å²) in [5, 5.41) is 8.83. The minimum absolute atomic E-state index is 0. The van der Waals surface area contributed by atoms with Crippen LogP contribution in [0, 0.1) is 5.92 Å². The molecule has 1 aliphatic heterocycles. The molecule has 2 rings (SSSR count). The highest BCUT2D eigenvalue weighted by Gasteiger charge is 2.26. The molecule has 0 aliphatic carbocycles. The zero-order valence-corrected chi connectivity index (χ0v) is 13.2. The maximum atomic E-state index is 12.4. The van der Waals surface area contributed by atoms with Gasteiger partial charge in [0.25, 0.3) is 0 Å². The Hall–Kier alpha value is -1.79. The third kappa shape index (κ3) is 4.35. The van der Waals surface area contributed by atoms with Crippen LogP contribution in [0.2, 0.25) is 0 Å². The molecule has 0 radical (unpaired) electrons. The van der Waals surface area contributed by atoms with Gasteiger partial charge < -0.3 is 20.5 Å². The number of nitrogens with two attached hydrogens (primary N) is 1. The number of carbonyl (C=O) groups excluding carboxylic acids is 1. The SMILES string of the molecule is CC(CC(N)C(=O)O)C(=O)N1CCOc2ccccc2C1.Cl. The molecular weight excluding hydrogens is 308 g/mol. The number of fused-ring (bicyclic) bond motifs is 1. The second-order valence-electron chi connectivity index (χ2n) is 5.30. The summed E-state index contributed by atoms with van der Waals surface area (Å²) in [5.74, 6) is -0.810. The normalized spacial score (nSPS) is 16.4. The molecule has 0 spiro atoms. The summed E-state index contributed by atoms with van der Waals surface area (Å²) in [5.41, 5.74) is 6.45. The molecule has 0 saturated heterocycles. The van der Waals surface area contributed by atoms with Gasteiger partial charge in [-0.3, -0.25) is 9.59 Å². The minimum Gasteiger partial charge on any atom is -0.491 e. The molecule has 0 fully saturated rings. The number of ether oxygens (including phenoxy) is 1. The predicted molar refractivity (Wildman–Crippen MR) is 84.0 cm³/mol. The lowest BCUT2D eigenvalue weighted by Crippen LogP contribution is -2.40. The van der Waals surface area contributed by atoms with Crippen molar-refractivity contribution in [3.8, 4) is 5.75 Å². The fourth-order valence-corrected chi connectivity index (χ4v) is 2.41. The molecule has 1 aromatic rings. The minimum atomic E-state index is -1.08. The molecule has 0 bridgehead atoms. The number of para-hydroxylation sites is 1. The van der Waals surface area contributed by atoms with Crippen molar-refractivity contribution in [2.45, 2.75) is 25.9 Å². The first kappa shape index (κ1) is 18.3. The topological polar surface area (TPSA) is 92.9 Å². The number of benzene rings is 1. The Morgan fingerprint density at radius 1 is 1.41 bits per heavy atom. The lowest BCUT2D eigenvalue weighted by molar-refractivity contribution is -0.140. The van der Waals surface area contributed by atoms with E-state index in [9.17, 15) is 9.59 Å². The highest BCUT2D eigenvalue weighted by molar-refractivity contribution is 5.85. The van der Waals surface area contributed by atoms with Crippen molar-refractivity contribution in [3.05, 3.63) is 29.8 Å². The van der Waals surface area contributed by atoms with Gasteiger partial charge in [-0.15, -0.1) is 12.4 Å². The van der Waals surface area contributed by atoms with E-state index in [1.165, 1.54) is 0 Å². The van der Waals surface area contributed by atoms with E-state index in [2.05, 4.69) is 0 Å². The van der Waals surface area contributed by atoms with E-state index in [1.54, 1.807) is 11.8 Å². The van der Waals surface area contributed by atoms with Gasteiger partial charge in [0.1, 0.15) is 18.4 Å². The van der Waals surface area contributed by atoms with Crippen LogP contribution in [0.25, 0.3) is 0 Å². The van der Waals surface area contributed by atoms with Crippen LogP contribution in [0.15, 0.2) is 24.3 Å². The zero-order chi connectivity index (χ0) is 15.4. The fraction of sp³-hybridized carbons (Fsp3) is 0.467. The molecule has 7 heteroatoms. The molecule has 0 saturated carbocycles. The van der Waals surface area contributed by atoms with Gasteiger partial charge in [-0.1, -0.05) is 25.1 Å². The van der Waals surface area contributed by atoms with E-state index >= 15 is 0 Å². The molecule has 0 aromatic heterocycles. The summed E-state index contributed by atoms with van der Waals surface area (Å²) in [6, 6.07) is 6.59. The fourth-order valence-electron chi connectivity index (χ4n) is 2.41. The Kier molecular flexibility index (Phi) is 6.64. The van der Waals surface area contributed by atoms with Crippen LogP contribution in [0.1, 0.15) is 18.9 Å². The molecule has 1 aliphatic rings. The highest BCUT2D eigenvalue weighted by atomic mass is 35.5. The highest BCUT2D eigenvalue weighted by Crippen LogP contribution is 2.23.